The van der Waals surface area contributed by atoms with Crippen molar-refractivity contribution in [2.75, 3.05) is 0 Å². The summed E-state index contributed by atoms with van der Waals surface area (Å²) in [4.78, 5) is 1.01. The normalized spacial score (nSPS) is 13.8. The van der Waals surface area contributed by atoms with Crippen LogP contribution in [-0.2, 0) is 0 Å². The Hall–Kier alpha value is -1.62. The third kappa shape index (κ3) is 1.99. The molecule has 16 heavy (non-hydrogen) atoms. The topological polar surface area (TPSA) is 47.6 Å². The average Bonchev–Trinajstić information content (AvgIpc) is 2.38. The van der Waals surface area contributed by atoms with E-state index >= 15 is 0 Å². The van der Waals surface area contributed by atoms with Gasteiger partial charge in [0.15, 0.2) is 0 Å². The Morgan fingerprint density at radius 3 is 2.56 bits per heavy atom. The molecule has 0 saturated heterocycles. The molecule has 0 aliphatic carbocycles. The van der Waals surface area contributed by atoms with E-state index < -0.39 is 0 Å². The molecule has 0 saturated carbocycles. The van der Waals surface area contributed by atoms with Crippen molar-refractivity contribution in [3.8, 4) is 12.1 Å². The van der Waals surface area contributed by atoms with Crippen molar-refractivity contribution in [1.29, 1.82) is 10.5 Å². The van der Waals surface area contributed by atoms with Crippen molar-refractivity contribution in [1.82, 2.24) is 0 Å². The highest BCUT2D eigenvalue weighted by Crippen LogP contribution is 2.37. The predicted molar refractivity (Wildman–Crippen MR) is 68.2 cm³/mol. The fourth-order valence-corrected chi connectivity index (χ4v) is 3.00. The van der Waals surface area contributed by atoms with E-state index in [4.69, 9.17) is 10.5 Å². The molecule has 0 unspecified atom stereocenters. The summed E-state index contributed by atoms with van der Waals surface area (Å²) in [7, 11) is 0. The maximum atomic E-state index is 9.10. The van der Waals surface area contributed by atoms with Crippen LogP contribution in [0, 0.1) is 22.7 Å². The first-order valence-corrected chi connectivity index (χ1v) is 6.30. The number of benzene rings is 1. The molecule has 1 aliphatic heterocycles. The third-order valence-electron chi connectivity index (χ3n) is 2.07. The van der Waals surface area contributed by atoms with E-state index in [0.717, 1.165) is 10.5 Å². The Labute approximate surface area is 102 Å². The van der Waals surface area contributed by atoms with Crippen LogP contribution in [0.5, 0.6) is 0 Å². The number of nitrogens with zero attached hydrogens (tertiary/aromatic N) is 2. The Bertz CT molecular complexity index is 559. The summed E-state index contributed by atoms with van der Waals surface area (Å²) in [5.41, 5.74) is 1.73. The molecule has 0 N–H and O–H groups in total. The van der Waals surface area contributed by atoms with Gasteiger partial charge in [-0.1, -0.05) is 23.9 Å². The van der Waals surface area contributed by atoms with Gasteiger partial charge in [0.05, 0.1) is 11.1 Å². The first-order chi connectivity index (χ1) is 7.86. The summed E-state index contributed by atoms with van der Waals surface area (Å²) >= 11 is 3.14. The van der Waals surface area contributed by atoms with E-state index in [9.17, 15) is 0 Å². The lowest BCUT2D eigenvalue weighted by atomic mass is 10.0. The number of nitriles is 2. The molecule has 2 nitrogen and oxygen atoms in total. The maximum Gasteiger partial charge on any atom is 0.101 e. The van der Waals surface area contributed by atoms with Gasteiger partial charge in [0.25, 0.3) is 0 Å². The Balaban J connectivity index is 2.54. The van der Waals surface area contributed by atoms with Gasteiger partial charge in [-0.3, -0.25) is 0 Å². The van der Waals surface area contributed by atoms with Crippen molar-refractivity contribution in [2.24, 2.45) is 0 Å². The predicted octanol–water partition coefficient (Wildman–Crippen LogP) is 3.68. The van der Waals surface area contributed by atoms with Crippen molar-refractivity contribution >= 4 is 28.4 Å². The van der Waals surface area contributed by atoms with E-state index in [1.165, 1.54) is 0 Å². The first kappa shape index (κ1) is 10.9. The van der Waals surface area contributed by atoms with Crippen LogP contribution in [0.15, 0.2) is 34.4 Å². The second kappa shape index (κ2) is 4.94. The van der Waals surface area contributed by atoms with Crippen LogP contribution in [-0.4, -0.2) is 0 Å². The quantitative estimate of drug-likeness (QED) is 0.753. The lowest BCUT2D eigenvalue weighted by Gasteiger charge is -2.09. The number of thioether (sulfide) groups is 2. The molecule has 0 bridgehead atoms. The fourth-order valence-electron chi connectivity index (χ4n) is 1.36. The fraction of sp³-hybridized carbons (Fsp3) is 0. The Kier molecular flexibility index (Phi) is 3.36. The van der Waals surface area contributed by atoms with Crippen LogP contribution in [0.3, 0.4) is 0 Å². The SMILES string of the molecule is N#Cc1cccc(C2=CSC=CS2)c1C#N. The summed E-state index contributed by atoms with van der Waals surface area (Å²) in [6, 6.07) is 9.49. The molecule has 0 atom stereocenters. The summed E-state index contributed by atoms with van der Waals surface area (Å²) in [5.74, 6) is 0. The number of rotatable bonds is 1. The van der Waals surface area contributed by atoms with Gasteiger partial charge >= 0.3 is 0 Å². The summed E-state index contributed by atoms with van der Waals surface area (Å²) < 4.78 is 0. The van der Waals surface area contributed by atoms with Crippen molar-refractivity contribution in [2.45, 2.75) is 0 Å². The average molecular weight is 242 g/mol. The number of hydrogen-bond donors (Lipinski definition) is 0. The van der Waals surface area contributed by atoms with Crippen LogP contribution < -0.4 is 0 Å². The van der Waals surface area contributed by atoms with Gasteiger partial charge in [-0.25, -0.2) is 0 Å². The zero-order chi connectivity index (χ0) is 11.4. The lowest BCUT2D eigenvalue weighted by molar-refractivity contribution is 1.42. The molecule has 0 amide bonds. The molecular weight excluding hydrogens is 236 g/mol. The van der Waals surface area contributed by atoms with E-state index in [-0.39, 0.29) is 0 Å². The van der Waals surface area contributed by atoms with E-state index in [1.807, 2.05) is 28.4 Å². The molecule has 0 aromatic heterocycles. The van der Waals surface area contributed by atoms with Crippen LogP contribution in [0.25, 0.3) is 4.91 Å². The molecule has 1 aromatic carbocycles. The van der Waals surface area contributed by atoms with Gasteiger partial charge in [-0.2, -0.15) is 10.5 Å². The first-order valence-electron chi connectivity index (χ1n) is 4.47. The molecule has 0 radical (unpaired) electrons. The highest BCUT2D eigenvalue weighted by atomic mass is 32.2. The molecule has 1 aliphatic rings. The lowest BCUT2D eigenvalue weighted by Crippen LogP contribution is -1.91. The largest absolute Gasteiger partial charge is 0.192 e. The van der Waals surface area contributed by atoms with Crippen LogP contribution >= 0.6 is 23.5 Å². The van der Waals surface area contributed by atoms with E-state index in [2.05, 4.69) is 6.07 Å². The molecule has 1 aromatic rings. The molecule has 4 heteroatoms. The standard InChI is InChI=1S/C12H6N2S2/c13-6-9-2-1-3-10(11(9)7-14)12-8-15-4-5-16-12/h1-5,8H. The third-order valence-corrected chi connectivity index (χ3v) is 3.92. The van der Waals surface area contributed by atoms with E-state index in [0.29, 0.717) is 11.1 Å². The molecule has 2 rings (SSSR count). The molecule has 0 fully saturated rings. The Morgan fingerprint density at radius 1 is 1.06 bits per heavy atom. The second-order valence-electron chi connectivity index (χ2n) is 2.96. The Morgan fingerprint density at radius 2 is 1.94 bits per heavy atom. The van der Waals surface area contributed by atoms with Gasteiger partial charge in [-0.15, -0.1) is 11.8 Å². The number of hydrogen-bond acceptors (Lipinski definition) is 4. The monoisotopic (exact) mass is 242 g/mol. The van der Waals surface area contributed by atoms with Gasteiger partial charge in [-0.05, 0) is 22.3 Å². The molecule has 0 spiro atoms. The van der Waals surface area contributed by atoms with Gasteiger partial charge in [0.1, 0.15) is 12.1 Å². The van der Waals surface area contributed by atoms with Crippen LogP contribution in [0.4, 0.5) is 0 Å². The highest BCUT2D eigenvalue weighted by molar-refractivity contribution is 8.15. The maximum absolute atomic E-state index is 9.10. The smallest absolute Gasteiger partial charge is 0.101 e. The molecule has 1 heterocycles. The summed E-state index contributed by atoms with van der Waals surface area (Å²) in [5, 5.41) is 24.0. The zero-order valence-electron chi connectivity index (χ0n) is 8.18. The van der Waals surface area contributed by atoms with Gasteiger partial charge in [0, 0.05) is 10.5 Å². The highest BCUT2D eigenvalue weighted by Gasteiger charge is 2.12. The minimum absolute atomic E-state index is 0.432. The molecular formula is C12H6N2S2. The van der Waals surface area contributed by atoms with Crippen molar-refractivity contribution < 1.29 is 0 Å². The molecule has 76 valence electrons. The van der Waals surface area contributed by atoms with Crippen LogP contribution in [0.2, 0.25) is 0 Å². The van der Waals surface area contributed by atoms with Crippen LogP contribution in [0.1, 0.15) is 16.7 Å². The van der Waals surface area contributed by atoms with Crippen molar-refractivity contribution in [3.05, 3.63) is 51.1 Å². The second-order valence-corrected chi connectivity index (χ2v) is 4.69. The summed E-state index contributed by atoms with van der Waals surface area (Å²) in [6.45, 7) is 0. The summed E-state index contributed by atoms with van der Waals surface area (Å²) in [6.07, 6.45) is 0. The zero-order valence-corrected chi connectivity index (χ0v) is 9.81. The van der Waals surface area contributed by atoms with E-state index in [1.54, 1.807) is 35.7 Å². The minimum Gasteiger partial charge on any atom is -0.192 e. The van der Waals surface area contributed by atoms with Crippen molar-refractivity contribution in [3.63, 3.8) is 0 Å². The van der Waals surface area contributed by atoms with Gasteiger partial charge in [0.2, 0.25) is 0 Å². The minimum atomic E-state index is 0.432. The van der Waals surface area contributed by atoms with Gasteiger partial charge < -0.3 is 0 Å².